The lowest BCUT2D eigenvalue weighted by molar-refractivity contribution is -0.137. The molecule has 1 N–H and O–H groups in total. The van der Waals surface area contributed by atoms with Gasteiger partial charge in [0.25, 0.3) is 0 Å². The summed E-state index contributed by atoms with van der Waals surface area (Å²) < 4.78 is 22.9. The van der Waals surface area contributed by atoms with E-state index in [-0.39, 0.29) is 29.4 Å². The molecule has 1 saturated heterocycles. The smallest absolute Gasteiger partial charge is 0.228 e. The Kier molecular flexibility index (Phi) is 4.32. The number of carbonyl (C=O) groups is 1. The highest BCUT2D eigenvalue weighted by atomic mass is 32.2. The van der Waals surface area contributed by atoms with Crippen molar-refractivity contribution in [1.29, 1.82) is 0 Å². The molecule has 1 amide bonds. The van der Waals surface area contributed by atoms with Crippen molar-refractivity contribution < 1.29 is 13.2 Å². The lowest BCUT2D eigenvalue weighted by Gasteiger charge is -2.33. The van der Waals surface area contributed by atoms with E-state index in [2.05, 4.69) is 5.32 Å². The fourth-order valence-electron chi connectivity index (χ4n) is 1.57. The van der Waals surface area contributed by atoms with Gasteiger partial charge in [-0.1, -0.05) is 6.92 Å². The van der Waals surface area contributed by atoms with E-state index >= 15 is 0 Å². The number of amides is 1. The van der Waals surface area contributed by atoms with Gasteiger partial charge >= 0.3 is 0 Å². The molecule has 1 aliphatic rings. The SMILES string of the molecule is CCS(=O)(=O)CC(C)N(C)C(=O)C1CNC1. The summed E-state index contributed by atoms with van der Waals surface area (Å²) in [6, 6.07) is -0.252. The third kappa shape index (κ3) is 3.18. The Hall–Kier alpha value is -0.620. The molecule has 94 valence electrons. The predicted molar refractivity (Wildman–Crippen MR) is 62.9 cm³/mol. The van der Waals surface area contributed by atoms with E-state index in [1.54, 1.807) is 25.8 Å². The minimum absolute atomic E-state index is 0.0248. The quantitative estimate of drug-likeness (QED) is 0.711. The average Bonchev–Trinajstić information content (AvgIpc) is 2.13. The van der Waals surface area contributed by atoms with Crippen molar-refractivity contribution >= 4 is 15.7 Å². The van der Waals surface area contributed by atoms with E-state index in [4.69, 9.17) is 0 Å². The first-order valence-corrected chi connectivity index (χ1v) is 7.37. The van der Waals surface area contributed by atoms with Gasteiger partial charge in [-0.3, -0.25) is 4.79 Å². The monoisotopic (exact) mass is 248 g/mol. The second kappa shape index (κ2) is 5.14. The Morgan fingerprint density at radius 2 is 2.06 bits per heavy atom. The number of carbonyl (C=O) groups excluding carboxylic acids is 1. The molecule has 0 saturated carbocycles. The van der Waals surface area contributed by atoms with E-state index in [9.17, 15) is 13.2 Å². The summed E-state index contributed by atoms with van der Waals surface area (Å²) in [7, 11) is -1.34. The third-order valence-corrected chi connectivity index (χ3v) is 4.94. The molecule has 1 heterocycles. The summed E-state index contributed by atoms with van der Waals surface area (Å²) in [5.41, 5.74) is 0. The Morgan fingerprint density at radius 1 is 1.50 bits per heavy atom. The zero-order valence-corrected chi connectivity index (χ0v) is 10.9. The number of rotatable bonds is 5. The van der Waals surface area contributed by atoms with Crippen molar-refractivity contribution in [3.8, 4) is 0 Å². The van der Waals surface area contributed by atoms with Crippen molar-refractivity contribution in [2.24, 2.45) is 5.92 Å². The lowest BCUT2D eigenvalue weighted by Crippen LogP contribution is -2.53. The maximum Gasteiger partial charge on any atom is 0.228 e. The number of hydrogen-bond donors (Lipinski definition) is 1. The van der Waals surface area contributed by atoms with E-state index < -0.39 is 9.84 Å². The fourth-order valence-corrected chi connectivity index (χ4v) is 2.76. The normalized spacial score (nSPS) is 18.9. The first-order valence-electron chi connectivity index (χ1n) is 5.55. The minimum Gasteiger partial charge on any atom is -0.342 e. The molecule has 5 nitrogen and oxygen atoms in total. The zero-order chi connectivity index (χ0) is 12.3. The molecule has 1 aliphatic heterocycles. The number of hydrogen-bond acceptors (Lipinski definition) is 4. The summed E-state index contributed by atoms with van der Waals surface area (Å²) in [5.74, 6) is 0.241. The molecule has 0 aromatic heterocycles. The topological polar surface area (TPSA) is 66.5 Å². The highest BCUT2D eigenvalue weighted by Gasteiger charge is 2.30. The average molecular weight is 248 g/mol. The van der Waals surface area contributed by atoms with Crippen LogP contribution in [0.3, 0.4) is 0 Å². The summed E-state index contributed by atoms with van der Waals surface area (Å²) in [6.45, 7) is 4.81. The molecule has 0 aromatic rings. The standard InChI is InChI=1S/C10H20N2O3S/c1-4-16(14,15)7-8(2)12(3)10(13)9-5-11-6-9/h8-9,11H,4-7H2,1-3H3. The Bertz CT molecular complexity index is 349. The van der Waals surface area contributed by atoms with Crippen LogP contribution in [0.2, 0.25) is 0 Å². The molecule has 0 spiro atoms. The van der Waals surface area contributed by atoms with Crippen LogP contribution in [-0.4, -0.2) is 56.9 Å². The Balaban J connectivity index is 2.52. The molecule has 0 aromatic carbocycles. The summed E-state index contributed by atoms with van der Waals surface area (Å²) in [4.78, 5) is 13.4. The molecule has 6 heteroatoms. The Labute approximate surface area is 97.1 Å². The van der Waals surface area contributed by atoms with Crippen LogP contribution in [0.5, 0.6) is 0 Å². The highest BCUT2D eigenvalue weighted by molar-refractivity contribution is 7.91. The molecular weight excluding hydrogens is 228 g/mol. The summed E-state index contributed by atoms with van der Waals surface area (Å²) >= 11 is 0. The predicted octanol–water partition coefficient (Wildman–Crippen LogP) is -0.513. The Morgan fingerprint density at radius 3 is 2.44 bits per heavy atom. The fraction of sp³-hybridized carbons (Fsp3) is 0.900. The molecule has 1 rings (SSSR count). The van der Waals surface area contributed by atoms with Crippen LogP contribution in [0.15, 0.2) is 0 Å². The van der Waals surface area contributed by atoms with E-state index in [0.717, 1.165) is 0 Å². The van der Waals surface area contributed by atoms with Crippen molar-refractivity contribution in [3.63, 3.8) is 0 Å². The van der Waals surface area contributed by atoms with Crippen molar-refractivity contribution in [1.82, 2.24) is 10.2 Å². The van der Waals surface area contributed by atoms with Crippen LogP contribution in [0.1, 0.15) is 13.8 Å². The van der Waals surface area contributed by atoms with Crippen LogP contribution in [0.4, 0.5) is 0 Å². The maximum atomic E-state index is 11.8. The van der Waals surface area contributed by atoms with Gasteiger partial charge in [0.1, 0.15) is 0 Å². The zero-order valence-electron chi connectivity index (χ0n) is 10.1. The van der Waals surface area contributed by atoms with Gasteiger partial charge in [-0.05, 0) is 6.92 Å². The van der Waals surface area contributed by atoms with Crippen molar-refractivity contribution in [2.75, 3.05) is 31.6 Å². The number of sulfone groups is 1. The molecular formula is C10H20N2O3S. The van der Waals surface area contributed by atoms with Gasteiger partial charge in [0, 0.05) is 31.9 Å². The van der Waals surface area contributed by atoms with Gasteiger partial charge < -0.3 is 10.2 Å². The minimum atomic E-state index is -3.02. The number of nitrogens with zero attached hydrogens (tertiary/aromatic N) is 1. The highest BCUT2D eigenvalue weighted by Crippen LogP contribution is 2.10. The second-order valence-corrected chi connectivity index (χ2v) is 6.75. The van der Waals surface area contributed by atoms with E-state index in [0.29, 0.717) is 13.1 Å². The maximum absolute atomic E-state index is 11.8. The van der Waals surface area contributed by atoms with Gasteiger partial charge in [-0.2, -0.15) is 0 Å². The molecule has 1 fully saturated rings. The van der Waals surface area contributed by atoms with Gasteiger partial charge in [0.05, 0.1) is 11.7 Å². The summed E-state index contributed by atoms with van der Waals surface area (Å²) in [6.07, 6.45) is 0. The largest absolute Gasteiger partial charge is 0.342 e. The van der Waals surface area contributed by atoms with Gasteiger partial charge in [0.2, 0.25) is 5.91 Å². The van der Waals surface area contributed by atoms with Gasteiger partial charge in [-0.15, -0.1) is 0 Å². The van der Waals surface area contributed by atoms with Crippen LogP contribution in [0.25, 0.3) is 0 Å². The second-order valence-electron chi connectivity index (χ2n) is 4.35. The molecule has 0 aliphatic carbocycles. The third-order valence-electron chi connectivity index (χ3n) is 3.07. The van der Waals surface area contributed by atoms with Crippen molar-refractivity contribution in [3.05, 3.63) is 0 Å². The van der Waals surface area contributed by atoms with Crippen LogP contribution < -0.4 is 5.32 Å². The van der Waals surface area contributed by atoms with Gasteiger partial charge in [0.15, 0.2) is 9.84 Å². The first-order chi connectivity index (χ1) is 7.37. The summed E-state index contributed by atoms with van der Waals surface area (Å²) in [5, 5.41) is 3.03. The molecule has 1 atom stereocenters. The molecule has 0 bridgehead atoms. The van der Waals surface area contributed by atoms with Gasteiger partial charge in [-0.25, -0.2) is 8.42 Å². The molecule has 16 heavy (non-hydrogen) atoms. The van der Waals surface area contributed by atoms with Crippen LogP contribution >= 0.6 is 0 Å². The number of nitrogens with one attached hydrogen (secondary N) is 1. The van der Waals surface area contributed by atoms with Crippen molar-refractivity contribution in [2.45, 2.75) is 19.9 Å². The molecule has 0 radical (unpaired) electrons. The van der Waals surface area contributed by atoms with E-state index in [1.165, 1.54) is 0 Å². The van der Waals surface area contributed by atoms with Crippen LogP contribution in [-0.2, 0) is 14.6 Å². The lowest BCUT2D eigenvalue weighted by atomic mass is 10.0. The van der Waals surface area contributed by atoms with Crippen LogP contribution in [0, 0.1) is 5.92 Å². The van der Waals surface area contributed by atoms with E-state index in [1.807, 2.05) is 0 Å². The molecule has 1 unspecified atom stereocenters. The first kappa shape index (κ1) is 13.4.